The third-order valence-electron chi connectivity index (χ3n) is 3.39. The Morgan fingerprint density at radius 3 is 2.74 bits per heavy atom. The summed E-state index contributed by atoms with van der Waals surface area (Å²) >= 11 is 12.1. The second kappa shape index (κ2) is 6.74. The zero-order valence-electron chi connectivity index (χ0n) is 12.4. The van der Waals surface area contributed by atoms with Gasteiger partial charge in [0, 0.05) is 18.6 Å². The van der Waals surface area contributed by atoms with Gasteiger partial charge in [0.25, 0.3) is 0 Å². The van der Waals surface area contributed by atoms with Crippen molar-refractivity contribution in [3.05, 3.63) is 46.0 Å². The number of oxazole rings is 1. The van der Waals surface area contributed by atoms with Gasteiger partial charge in [-0.15, -0.1) is 0 Å². The summed E-state index contributed by atoms with van der Waals surface area (Å²) in [4.78, 5) is 11.8. The molecule has 7 heteroatoms. The molecule has 1 aromatic carbocycles. The molecular formula is C16H15Cl2N3O2. The van der Waals surface area contributed by atoms with Gasteiger partial charge in [-0.05, 0) is 25.5 Å². The Hall–Kier alpha value is -1.82. The molecule has 0 aliphatic rings. The summed E-state index contributed by atoms with van der Waals surface area (Å²) in [7, 11) is 0. The van der Waals surface area contributed by atoms with Gasteiger partial charge in [0.2, 0.25) is 5.89 Å². The Morgan fingerprint density at radius 1 is 1.26 bits per heavy atom. The van der Waals surface area contributed by atoms with Crippen LogP contribution in [0.3, 0.4) is 0 Å². The summed E-state index contributed by atoms with van der Waals surface area (Å²) in [5, 5.41) is 10.0. The minimum absolute atomic E-state index is 0.0833. The fourth-order valence-electron chi connectivity index (χ4n) is 2.27. The van der Waals surface area contributed by atoms with Crippen LogP contribution in [0.1, 0.15) is 18.0 Å². The van der Waals surface area contributed by atoms with Crippen LogP contribution in [0.15, 0.2) is 28.8 Å². The molecule has 120 valence electrons. The number of aliphatic hydroxyl groups excluding tert-OH is 1. The van der Waals surface area contributed by atoms with Gasteiger partial charge in [-0.25, -0.2) is 9.97 Å². The summed E-state index contributed by atoms with van der Waals surface area (Å²) in [6, 6.07) is 5.33. The highest BCUT2D eigenvalue weighted by Gasteiger charge is 2.18. The normalized spacial score (nSPS) is 11.1. The zero-order chi connectivity index (χ0) is 16.4. The second-order valence-corrected chi connectivity index (χ2v) is 5.94. The molecule has 0 amide bonds. The van der Waals surface area contributed by atoms with Crippen molar-refractivity contribution in [2.75, 3.05) is 6.61 Å². The topological polar surface area (TPSA) is 74.9 Å². The van der Waals surface area contributed by atoms with E-state index in [1.807, 2.05) is 13.0 Å². The molecule has 0 bridgehead atoms. The number of rotatable bonds is 5. The fraction of sp³-hybridized carbons (Fsp3) is 0.250. The highest BCUT2D eigenvalue weighted by molar-refractivity contribution is 6.42. The van der Waals surface area contributed by atoms with Gasteiger partial charge in [0.1, 0.15) is 23.0 Å². The van der Waals surface area contributed by atoms with Crippen LogP contribution in [0.25, 0.3) is 22.8 Å². The third kappa shape index (κ3) is 3.42. The van der Waals surface area contributed by atoms with E-state index < -0.39 is 0 Å². The smallest absolute Gasteiger partial charge is 0.245 e. The average molecular weight is 352 g/mol. The van der Waals surface area contributed by atoms with Crippen LogP contribution in [0.2, 0.25) is 10.0 Å². The highest BCUT2D eigenvalue weighted by atomic mass is 35.5. The number of aromatic nitrogens is 3. The van der Waals surface area contributed by atoms with E-state index in [-0.39, 0.29) is 6.61 Å². The Bertz CT molecular complexity index is 827. The van der Waals surface area contributed by atoms with Crippen LogP contribution < -0.4 is 0 Å². The summed E-state index contributed by atoms with van der Waals surface area (Å²) in [6.07, 6.45) is 2.84. The third-order valence-corrected chi connectivity index (χ3v) is 4.12. The van der Waals surface area contributed by atoms with Gasteiger partial charge in [-0.3, -0.25) is 0 Å². The maximum absolute atomic E-state index is 9.08. The first kappa shape index (κ1) is 16.1. The Labute approximate surface area is 143 Å². The van der Waals surface area contributed by atoms with Crippen molar-refractivity contribution in [1.82, 2.24) is 15.0 Å². The number of hydrogen-bond acceptors (Lipinski definition) is 4. The van der Waals surface area contributed by atoms with Gasteiger partial charge < -0.3 is 14.5 Å². The van der Waals surface area contributed by atoms with E-state index in [9.17, 15) is 0 Å². The summed E-state index contributed by atoms with van der Waals surface area (Å²) < 4.78 is 5.87. The van der Waals surface area contributed by atoms with Gasteiger partial charge in [0.15, 0.2) is 0 Å². The fourth-order valence-corrected chi connectivity index (χ4v) is 2.57. The molecule has 2 heterocycles. The predicted molar refractivity (Wildman–Crippen MR) is 89.7 cm³/mol. The monoisotopic (exact) mass is 351 g/mol. The number of aromatic amines is 1. The molecule has 0 radical (unpaired) electrons. The van der Waals surface area contributed by atoms with E-state index in [1.54, 1.807) is 18.3 Å². The van der Waals surface area contributed by atoms with E-state index in [2.05, 4.69) is 15.0 Å². The number of hydrogen-bond donors (Lipinski definition) is 2. The molecule has 0 saturated carbocycles. The number of halogens is 2. The Balaban J connectivity index is 2.06. The molecule has 0 saturated heterocycles. The lowest BCUT2D eigenvalue weighted by atomic mass is 10.1. The molecule has 0 aliphatic heterocycles. The van der Waals surface area contributed by atoms with E-state index in [1.165, 1.54) is 0 Å². The molecule has 0 unspecified atom stereocenters. The number of benzene rings is 1. The maximum atomic E-state index is 9.08. The van der Waals surface area contributed by atoms with Crippen LogP contribution in [0.4, 0.5) is 0 Å². The Morgan fingerprint density at radius 2 is 2.09 bits per heavy atom. The highest BCUT2D eigenvalue weighted by Crippen LogP contribution is 2.33. The molecule has 0 aliphatic carbocycles. The van der Waals surface area contributed by atoms with Crippen molar-refractivity contribution in [2.45, 2.75) is 19.8 Å². The van der Waals surface area contributed by atoms with E-state index in [4.69, 9.17) is 32.7 Å². The first-order valence-electron chi connectivity index (χ1n) is 7.16. The molecule has 3 rings (SSSR count). The number of nitrogens with zero attached hydrogens (tertiary/aromatic N) is 2. The number of aliphatic hydroxyl groups is 1. The van der Waals surface area contributed by atoms with E-state index in [0.29, 0.717) is 45.9 Å². The molecule has 2 aromatic heterocycles. The van der Waals surface area contributed by atoms with Crippen LogP contribution in [0, 0.1) is 6.92 Å². The largest absolute Gasteiger partial charge is 0.439 e. The van der Waals surface area contributed by atoms with Gasteiger partial charge in [0.05, 0.1) is 16.2 Å². The second-order valence-electron chi connectivity index (χ2n) is 5.13. The molecule has 23 heavy (non-hydrogen) atoms. The molecular weight excluding hydrogens is 337 g/mol. The molecule has 2 N–H and O–H groups in total. The Kier molecular flexibility index (Phi) is 4.71. The standard InChI is InChI=1S/C16H15Cl2N3O2/c1-9-19-8-13(20-9)16-21-15(14(23-16)3-2-6-22)10-4-5-11(17)12(18)7-10/h4-5,7-8,22H,2-3,6H2,1H3,(H,19,20). The summed E-state index contributed by atoms with van der Waals surface area (Å²) in [5.74, 6) is 1.94. The molecule has 0 atom stereocenters. The molecule has 0 fully saturated rings. The van der Waals surface area contributed by atoms with Crippen molar-refractivity contribution in [3.8, 4) is 22.8 Å². The van der Waals surface area contributed by atoms with Crippen LogP contribution in [-0.2, 0) is 6.42 Å². The number of nitrogens with one attached hydrogen (secondary N) is 1. The first-order chi connectivity index (χ1) is 11.1. The van der Waals surface area contributed by atoms with Crippen molar-refractivity contribution >= 4 is 23.2 Å². The average Bonchev–Trinajstić information content (AvgIpc) is 3.14. The first-order valence-corrected chi connectivity index (χ1v) is 7.92. The van der Waals surface area contributed by atoms with Crippen LogP contribution in [-0.4, -0.2) is 26.7 Å². The van der Waals surface area contributed by atoms with Crippen molar-refractivity contribution in [3.63, 3.8) is 0 Å². The van der Waals surface area contributed by atoms with Crippen molar-refractivity contribution in [2.24, 2.45) is 0 Å². The quantitative estimate of drug-likeness (QED) is 0.719. The number of imidazole rings is 1. The zero-order valence-corrected chi connectivity index (χ0v) is 13.9. The van der Waals surface area contributed by atoms with Gasteiger partial charge >= 0.3 is 0 Å². The lowest BCUT2D eigenvalue weighted by Gasteiger charge is -2.02. The van der Waals surface area contributed by atoms with E-state index >= 15 is 0 Å². The molecule has 3 aromatic rings. The van der Waals surface area contributed by atoms with Gasteiger partial charge in [-0.1, -0.05) is 29.3 Å². The van der Waals surface area contributed by atoms with Crippen molar-refractivity contribution in [1.29, 1.82) is 0 Å². The summed E-state index contributed by atoms with van der Waals surface area (Å²) in [5.41, 5.74) is 2.22. The van der Waals surface area contributed by atoms with Gasteiger partial charge in [-0.2, -0.15) is 0 Å². The minimum atomic E-state index is 0.0833. The number of H-pyrrole nitrogens is 1. The van der Waals surface area contributed by atoms with Crippen molar-refractivity contribution < 1.29 is 9.52 Å². The lowest BCUT2D eigenvalue weighted by molar-refractivity contribution is 0.284. The number of aryl methyl sites for hydroxylation is 2. The maximum Gasteiger partial charge on any atom is 0.245 e. The van der Waals surface area contributed by atoms with Crippen LogP contribution in [0.5, 0.6) is 0 Å². The lowest BCUT2D eigenvalue weighted by Crippen LogP contribution is -1.91. The van der Waals surface area contributed by atoms with E-state index in [0.717, 1.165) is 11.4 Å². The minimum Gasteiger partial charge on any atom is -0.439 e. The predicted octanol–water partition coefficient (Wildman–Crippen LogP) is 4.27. The molecule has 5 nitrogen and oxygen atoms in total. The summed E-state index contributed by atoms with van der Waals surface area (Å²) in [6.45, 7) is 1.94. The van der Waals surface area contributed by atoms with Crippen LogP contribution >= 0.6 is 23.2 Å². The SMILES string of the molecule is Cc1ncc(-c2nc(-c3ccc(Cl)c(Cl)c3)c(CCCO)o2)[nH]1. The molecule has 0 spiro atoms.